The molecule has 0 spiro atoms. The number of carbonyl (C=O) groups excluding carboxylic acids is 1. The second-order valence-corrected chi connectivity index (χ2v) is 5.53. The summed E-state index contributed by atoms with van der Waals surface area (Å²) in [4.78, 5) is 12.2. The van der Waals surface area contributed by atoms with Gasteiger partial charge in [-0.2, -0.15) is 5.26 Å². The first-order chi connectivity index (χ1) is 11.0. The van der Waals surface area contributed by atoms with Crippen molar-refractivity contribution in [2.24, 2.45) is 0 Å². The van der Waals surface area contributed by atoms with E-state index in [0.29, 0.717) is 21.4 Å². The quantitative estimate of drug-likeness (QED) is 0.620. The van der Waals surface area contributed by atoms with Gasteiger partial charge in [0.1, 0.15) is 11.6 Å². The number of nitriles is 1. The second kappa shape index (κ2) is 7.68. The molecule has 116 valence electrons. The Bertz CT molecular complexity index is 810. The molecule has 2 aromatic carbocycles. The summed E-state index contributed by atoms with van der Waals surface area (Å²) in [6, 6.07) is 14.0. The van der Waals surface area contributed by atoms with Gasteiger partial charge in [0.2, 0.25) is 0 Å². The van der Waals surface area contributed by atoms with Crippen molar-refractivity contribution >= 4 is 40.5 Å². The minimum absolute atomic E-state index is 0.0654. The standard InChI is InChI=1S/C17H13Cl2N3O/c1-11-15(19)6-3-7-16(11)22-17(23)12(9-20)10-21-14-5-2-4-13(18)8-14/h2-8,10,21H,1H3,(H,22,23)/b12-10-. The molecule has 0 aliphatic rings. The van der Waals surface area contributed by atoms with Crippen molar-refractivity contribution in [1.29, 1.82) is 5.26 Å². The molecule has 0 saturated heterocycles. The maximum Gasteiger partial charge on any atom is 0.267 e. The van der Waals surface area contributed by atoms with E-state index in [1.54, 1.807) is 49.4 Å². The number of anilines is 2. The van der Waals surface area contributed by atoms with Crippen LogP contribution in [0.5, 0.6) is 0 Å². The molecule has 0 fully saturated rings. The van der Waals surface area contributed by atoms with Gasteiger partial charge in [0.05, 0.1) is 0 Å². The summed E-state index contributed by atoms with van der Waals surface area (Å²) in [6.07, 6.45) is 1.33. The number of nitrogens with one attached hydrogen (secondary N) is 2. The van der Waals surface area contributed by atoms with Crippen molar-refractivity contribution in [1.82, 2.24) is 0 Å². The number of nitrogens with zero attached hydrogens (tertiary/aromatic N) is 1. The maximum absolute atomic E-state index is 12.2. The number of halogens is 2. The predicted octanol–water partition coefficient (Wildman–Crippen LogP) is 4.76. The van der Waals surface area contributed by atoms with Gasteiger partial charge < -0.3 is 10.6 Å². The second-order valence-electron chi connectivity index (χ2n) is 4.69. The van der Waals surface area contributed by atoms with Crippen molar-refractivity contribution in [3.05, 3.63) is 69.8 Å². The summed E-state index contributed by atoms with van der Waals surface area (Å²) >= 11 is 11.9. The molecule has 0 unspecified atom stereocenters. The van der Waals surface area contributed by atoms with Crippen LogP contribution in [0, 0.1) is 18.3 Å². The summed E-state index contributed by atoms with van der Waals surface area (Å²) in [5, 5.41) is 15.8. The van der Waals surface area contributed by atoms with E-state index in [2.05, 4.69) is 10.6 Å². The van der Waals surface area contributed by atoms with Crippen LogP contribution in [0.3, 0.4) is 0 Å². The van der Waals surface area contributed by atoms with Crippen LogP contribution in [0.4, 0.5) is 11.4 Å². The first-order valence-electron chi connectivity index (χ1n) is 6.70. The number of amides is 1. The fraction of sp³-hybridized carbons (Fsp3) is 0.0588. The van der Waals surface area contributed by atoms with Crippen LogP contribution >= 0.6 is 23.2 Å². The third-order valence-electron chi connectivity index (χ3n) is 3.09. The normalized spacial score (nSPS) is 10.8. The molecule has 0 bridgehead atoms. The Kier molecular flexibility index (Phi) is 5.64. The van der Waals surface area contributed by atoms with Gasteiger partial charge in [-0.1, -0.05) is 35.3 Å². The Hall–Kier alpha value is -2.48. The van der Waals surface area contributed by atoms with Gasteiger partial charge in [0, 0.05) is 27.6 Å². The van der Waals surface area contributed by atoms with Crippen molar-refractivity contribution in [2.45, 2.75) is 6.92 Å². The first kappa shape index (κ1) is 16.9. The summed E-state index contributed by atoms with van der Waals surface area (Å²) in [5.41, 5.74) is 1.91. The number of rotatable bonds is 4. The smallest absolute Gasteiger partial charge is 0.267 e. The summed E-state index contributed by atoms with van der Waals surface area (Å²) in [7, 11) is 0. The van der Waals surface area contributed by atoms with Gasteiger partial charge in [-0.25, -0.2) is 0 Å². The van der Waals surface area contributed by atoms with E-state index in [1.807, 2.05) is 6.07 Å². The van der Waals surface area contributed by atoms with Crippen LogP contribution in [0.1, 0.15) is 5.56 Å². The van der Waals surface area contributed by atoms with Gasteiger partial charge in [-0.05, 0) is 42.8 Å². The fourth-order valence-electron chi connectivity index (χ4n) is 1.81. The molecule has 0 atom stereocenters. The molecule has 2 rings (SSSR count). The summed E-state index contributed by atoms with van der Waals surface area (Å²) < 4.78 is 0. The minimum atomic E-state index is -0.521. The van der Waals surface area contributed by atoms with Gasteiger partial charge in [-0.15, -0.1) is 0 Å². The van der Waals surface area contributed by atoms with E-state index in [4.69, 9.17) is 28.5 Å². The van der Waals surface area contributed by atoms with Gasteiger partial charge in [0.25, 0.3) is 5.91 Å². The molecule has 0 heterocycles. The lowest BCUT2D eigenvalue weighted by atomic mass is 10.2. The van der Waals surface area contributed by atoms with Crippen LogP contribution in [0.15, 0.2) is 54.2 Å². The van der Waals surface area contributed by atoms with E-state index >= 15 is 0 Å². The highest BCUT2D eigenvalue weighted by Gasteiger charge is 2.11. The Morgan fingerprint density at radius 3 is 2.65 bits per heavy atom. The molecular weight excluding hydrogens is 333 g/mol. The SMILES string of the molecule is Cc1c(Cl)cccc1NC(=O)/C(C#N)=C\Nc1cccc(Cl)c1. The summed E-state index contributed by atoms with van der Waals surface area (Å²) in [6.45, 7) is 1.79. The highest BCUT2D eigenvalue weighted by molar-refractivity contribution is 6.32. The number of benzene rings is 2. The average molecular weight is 346 g/mol. The Morgan fingerprint density at radius 1 is 1.22 bits per heavy atom. The van der Waals surface area contributed by atoms with E-state index in [1.165, 1.54) is 6.20 Å². The molecule has 4 nitrogen and oxygen atoms in total. The lowest BCUT2D eigenvalue weighted by molar-refractivity contribution is -0.112. The molecule has 0 aliphatic carbocycles. The molecule has 0 aliphatic heterocycles. The van der Waals surface area contributed by atoms with E-state index in [-0.39, 0.29) is 5.57 Å². The molecule has 2 aromatic rings. The first-order valence-corrected chi connectivity index (χ1v) is 7.45. The zero-order valence-corrected chi connectivity index (χ0v) is 13.7. The average Bonchev–Trinajstić information content (AvgIpc) is 2.52. The van der Waals surface area contributed by atoms with Gasteiger partial charge >= 0.3 is 0 Å². The van der Waals surface area contributed by atoms with E-state index < -0.39 is 5.91 Å². The zero-order chi connectivity index (χ0) is 16.8. The number of carbonyl (C=O) groups is 1. The van der Waals surface area contributed by atoms with Crippen LogP contribution in [0.2, 0.25) is 10.0 Å². The lowest BCUT2D eigenvalue weighted by Gasteiger charge is -2.09. The molecule has 2 N–H and O–H groups in total. The molecular formula is C17H13Cl2N3O. The van der Waals surface area contributed by atoms with Crippen LogP contribution in [0.25, 0.3) is 0 Å². The molecule has 23 heavy (non-hydrogen) atoms. The van der Waals surface area contributed by atoms with E-state index in [0.717, 1.165) is 5.56 Å². The maximum atomic E-state index is 12.2. The van der Waals surface area contributed by atoms with Gasteiger partial charge in [0.15, 0.2) is 0 Å². The largest absolute Gasteiger partial charge is 0.360 e. The lowest BCUT2D eigenvalue weighted by Crippen LogP contribution is -2.15. The van der Waals surface area contributed by atoms with Crippen LogP contribution in [-0.2, 0) is 4.79 Å². The Morgan fingerprint density at radius 2 is 1.96 bits per heavy atom. The van der Waals surface area contributed by atoms with Crippen molar-refractivity contribution in [3.8, 4) is 6.07 Å². The Balaban J connectivity index is 2.14. The zero-order valence-electron chi connectivity index (χ0n) is 12.2. The highest BCUT2D eigenvalue weighted by Crippen LogP contribution is 2.23. The molecule has 0 saturated carbocycles. The fourth-order valence-corrected chi connectivity index (χ4v) is 2.18. The predicted molar refractivity (Wildman–Crippen MR) is 93.6 cm³/mol. The van der Waals surface area contributed by atoms with Crippen molar-refractivity contribution < 1.29 is 4.79 Å². The summed E-state index contributed by atoms with van der Waals surface area (Å²) in [5.74, 6) is -0.521. The van der Waals surface area contributed by atoms with Crippen LogP contribution in [-0.4, -0.2) is 5.91 Å². The third-order valence-corrected chi connectivity index (χ3v) is 3.73. The topological polar surface area (TPSA) is 64.9 Å². The number of hydrogen-bond donors (Lipinski definition) is 2. The minimum Gasteiger partial charge on any atom is -0.360 e. The molecule has 0 aromatic heterocycles. The van der Waals surface area contributed by atoms with Gasteiger partial charge in [-0.3, -0.25) is 4.79 Å². The monoisotopic (exact) mass is 345 g/mol. The molecule has 1 amide bonds. The molecule has 6 heteroatoms. The van der Waals surface area contributed by atoms with Crippen molar-refractivity contribution in [2.75, 3.05) is 10.6 Å². The third kappa shape index (κ3) is 4.49. The highest BCUT2D eigenvalue weighted by atomic mass is 35.5. The van der Waals surface area contributed by atoms with E-state index in [9.17, 15) is 4.79 Å². The van der Waals surface area contributed by atoms with Crippen LogP contribution < -0.4 is 10.6 Å². The van der Waals surface area contributed by atoms with Crippen molar-refractivity contribution in [3.63, 3.8) is 0 Å². The molecule has 0 radical (unpaired) electrons. The number of hydrogen-bond acceptors (Lipinski definition) is 3. The Labute approximate surface area is 144 Å².